The molecule has 0 unspecified atom stereocenters. The second-order valence-corrected chi connectivity index (χ2v) is 29.7. The standard InChI is InChI=1S/C23H25F2NO3S2.C22H23F2NO3S2.C21H21F2NO3S2/c1-26(2)23(28)19-13-15(18-9-8-16(24)14-20(18)25)7-10-21(19)29-22(27)6-4-3-5-17-11-12-30-31-17;1-25-22(27)18-12-14(17-8-7-15(23)13-19(17)24)6-9-20(18)28-21(26)5-3-2-4-16-10-11-29-30-16;22-14-6-7-16(18(23)12-14)13-5-8-19(17(11-13)21(24)26)27-20(25)4-2-1-3-15-9-10-28-29-15/h7-10,13-14,17H,3-6,11-12H2,1-2H3;6-9,12-13,16H,2-5,10-11H2,1H3,(H,25,27);5-8,11-12,15H,1-4,9-10H2,(H2,24,26)/t17-;16-;15-/m000/s1. The van der Waals surface area contributed by atoms with Gasteiger partial charge < -0.3 is 30.2 Å². The first-order valence-electron chi connectivity index (χ1n) is 29.3. The number of nitrogens with zero attached hydrogens (tertiary/aromatic N) is 1. The van der Waals surface area contributed by atoms with Gasteiger partial charge in [0.25, 0.3) is 17.7 Å². The molecule has 3 aliphatic heterocycles. The average Bonchev–Trinajstić information content (AvgIpc) is 1.19. The summed E-state index contributed by atoms with van der Waals surface area (Å²) in [5.74, 6) is -3.30. The molecule has 3 aliphatic rings. The van der Waals surface area contributed by atoms with E-state index in [0.717, 1.165) is 87.8 Å². The molecule has 0 aromatic heterocycles. The van der Waals surface area contributed by atoms with Crippen LogP contribution >= 0.6 is 64.8 Å². The first kappa shape index (κ1) is 71.3. The number of esters is 3. The number of benzene rings is 6. The lowest BCUT2D eigenvalue weighted by Crippen LogP contribution is -2.23. The molecule has 0 bridgehead atoms. The fraction of sp³-hybridized carbons (Fsp3) is 0.364. The van der Waals surface area contributed by atoms with Gasteiger partial charge in [0.1, 0.15) is 52.2 Å². The third kappa shape index (κ3) is 22.0. The van der Waals surface area contributed by atoms with Crippen LogP contribution in [0.5, 0.6) is 17.2 Å². The number of unbranched alkanes of at least 4 members (excludes halogenated alkanes) is 3. The average molecular weight is 1350 g/mol. The lowest BCUT2D eigenvalue weighted by molar-refractivity contribution is -0.135. The van der Waals surface area contributed by atoms with Crippen LogP contribution < -0.4 is 25.3 Å². The van der Waals surface area contributed by atoms with Crippen molar-refractivity contribution < 1.29 is 69.3 Å². The number of carbonyl (C=O) groups excluding carboxylic acids is 6. The van der Waals surface area contributed by atoms with E-state index in [9.17, 15) is 55.1 Å². The summed E-state index contributed by atoms with van der Waals surface area (Å²) >= 11 is 0. The number of halogens is 6. The van der Waals surface area contributed by atoms with Gasteiger partial charge in [-0.15, -0.1) is 0 Å². The first-order chi connectivity index (χ1) is 43.3. The monoisotopic (exact) mass is 1350 g/mol. The Morgan fingerprint density at radius 1 is 0.467 bits per heavy atom. The molecule has 6 aromatic carbocycles. The van der Waals surface area contributed by atoms with Crippen molar-refractivity contribution in [2.75, 3.05) is 38.4 Å². The van der Waals surface area contributed by atoms with E-state index in [0.29, 0.717) is 38.9 Å². The molecule has 480 valence electrons. The lowest BCUT2D eigenvalue weighted by Gasteiger charge is -2.16. The van der Waals surface area contributed by atoms with Crippen LogP contribution in [-0.2, 0) is 14.4 Å². The highest BCUT2D eigenvalue weighted by atomic mass is 33.1. The summed E-state index contributed by atoms with van der Waals surface area (Å²) in [6.45, 7) is 0. The van der Waals surface area contributed by atoms with E-state index in [-0.39, 0.29) is 75.8 Å². The molecule has 3 N–H and O–H groups in total. The van der Waals surface area contributed by atoms with Gasteiger partial charge in [-0.2, -0.15) is 0 Å². The fourth-order valence-electron chi connectivity index (χ4n) is 9.58. The Bertz CT molecular complexity index is 3480. The molecule has 9 rings (SSSR count). The third-order valence-electron chi connectivity index (χ3n) is 14.4. The minimum absolute atomic E-state index is 0.0287. The quantitative estimate of drug-likeness (QED) is 0.0193. The maximum Gasteiger partial charge on any atom is 0.311 e. The molecular formula is C66H69F6N3O9S6. The van der Waals surface area contributed by atoms with Crippen molar-refractivity contribution in [2.45, 2.75) is 112 Å². The van der Waals surface area contributed by atoms with Crippen LogP contribution in [0.2, 0.25) is 0 Å². The van der Waals surface area contributed by atoms with Crippen LogP contribution in [0.3, 0.4) is 0 Å². The molecule has 3 saturated heterocycles. The Morgan fingerprint density at radius 3 is 1.11 bits per heavy atom. The Morgan fingerprint density at radius 2 is 0.800 bits per heavy atom. The Labute approximate surface area is 544 Å². The van der Waals surface area contributed by atoms with Gasteiger partial charge in [0.2, 0.25) is 0 Å². The van der Waals surface area contributed by atoms with Crippen LogP contribution in [0.25, 0.3) is 33.4 Å². The number of nitrogens with two attached hydrogens (primary N) is 1. The van der Waals surface area contributed by atoms with E-state index in [4.69, 9.17) is 19.9 Å². The zero-order chi connectivity index (χ0) is 64.7. The van der Waals surface area contributed by atoms with Gasteiger partial charge in [0, 0.05) is 108 Å². The Hall–Kier alpha value is -6.18. The van der Waals surface area contributed by atoms with Crippen molar-refractivity contribution in [3.63, 3.8) is 0 Å². The highest BCUT2D eigenvalue weighted by Gasteiger charge is 2.24. The Kier molecular flexibility index (Phi) is 28.6. The minimum atomic E-state index is -0.798. The lowest BCUT2D eigenvalue weighted by atomic mass is 10.0. The van der Waals surface area contributed by atoms with Gasteiger partial charge in [-0.3, -0.25) is 28.8 Å². The maximum atomic E-state index is 14.2. The molecule has 3 heterocycles. The summed E-state index contributed by atoms with van der Waals surface area (Å²) in [4.78, 5) is 74.8. The molecular weight excluding hydrogens is 1290 g/mol. The number of rotatable bonds is 24. The van der Waals surface area contributed by atoms with Gasteiger partial charge in [-0.05, 0) is 147 Å². The largest absolute Gasteiger partial charge is 0.426 e. The van der Waals surface area contributed by atoms with Crippen molar-refractivity contribution >= 4 is 100 Å². The number of primary amides is 1. The predicted octanol–water partition coefficient (Wildman–Crippen LogP) is 16.9. The van der Waals surface area contributed by atoms with E-state index in [2.05, 4.69) is 5.32 Å². The molecule has 0 spiro atoms. The molecule has 0 radical (unpaired) electrons. The molecule has 12 nitrogen and oxygen atoms in total. The van der Waals surface area contributed by atoms with Crippen LogP contribution in [0.1, 0.15) is 127 Å². The van der Waals surface area contributed by atoms with Gasteiger partial charge in [0.15, 0.2) is 0 Å². The van der Waals surface area contributed by atoms with Crippen molar-refractivity contribution in [1.29, 1.82) is 0 Å². The van der Waals surface area contributed by atoms with E-state index >= 15 is 0 Å². The number of amides is 3. The summed E-state index contributed by atoms with van der Waals surface area (Å²) < 4.78 is 98.1. The van der Waals surface area contributed by atoms with Gasteiger partial charge in [-0.1, -0.05) is 102 Å². The summed E-state index contributed by atoms with van der Waals surface area (Å²) in [6.07, 6.45) is 12.7. The predicted molar refractivity (Wildman–Crippen MR) is 353 cm³/mol. The zero-order valence-corrected chi connectivity index (χ0v) is 54.7. The number of hydrogen-bond acceptors (Lipinski definition) is 15. The molecule has 90 heavy (non-hydrogen) atoms. The number of hydrogen-bond donors (Lipinski definition) is 2. The zero-order valence-electron chi connectivity index (χ0n) is 49.8. The highest BCUT2D eigenvalue weighted by Crippen LogP contribution is 2.42. The van der Waals surface area contributed by atoms with Gasteiger partial charge in [-0.25, -0.2) is 26.3 Å². The first-order valence-corrected chi connectivity index (χ1v) is 36.4. The SMILES string of the molecule is CN(C)C(=O)c1cc(-c2ccc(F)cc2F)ccc1OC(=O)CCCC[C@H]1CCSS1.CNC(=O)c1cc(-c2ccc(F)cc2F)ccc1OC(=O)CCCC[C@H]1CCSS1.NC(=O)c1cc(-c2ccc(F)cc2F)ccc1OC(=O)CCCC[C@H]1CCSS1. The van der Waals surface area contributed by atoms with Gasteiger partial charge in [0.05, 0.1) is 16.7 Å². The van der Waals surface area contributed by atoms with Crippen LogP contribution in [0.15, 0.2) is 109 Å². The molecule has 0 saturated carbocycles. The minimum Gasteiger partial charge on any atom is -0.426 e. The molecule has 24 heteroatoms. The molecule has 6 aromatic rings. The molecule has 0 aliphatic carbocycles. The topological polar surface area (TPSA) is 171 Å². The summed E-state index contributed by atoms with van der Waals surface area (Å²) in [7, 11) is 16.1. The second-order valence-electron chi connectivity index (χ2n) is 21.3. The van der Waals surface area contributed by atoms with E-state index in [1.165, 1.54) is 109 Å². The smallest absolute Gasteiger partial charge is 0.311 e. The summed E-state index contributed by atoms with van der Waals surface area (Å²) in [5, 5.41) is 4.50. The van der Waals surface area contributed by atoms with Crippen molar-refractivity contribution in [3.05, 3.63) is 161 Å². The van der Waals surface area contributed by atoms with Crippen LogP contribution in [-0.4, -0.2) is 94.7 Å². The number of carbonyl (C=O) groups is 6. The fourth-order valence-corrected chi connectivity index (χ4v) is 18.7. The molecule has 3 atom stereocenters. The van der Waals surface area contributed by atoms with Crippen molar-refractivity contribution in [3.8, 4) is 50.6 Å². The second kappa shape index (κ2) is 36.2. The number of ether oxygens (including phenoxy) is 3. The highest BCUT2D eigenvalue weighted by molar-refractivity contribution is 8.78. The maximum absolute atomic E-state index is 14.2. The summed E-state index contributed by atoms with van der Waals surface area (Å²) in [5.41, 5.74) is 7.20. The van der Waals surface area contributed by atoms with E-state index < -0.39 is 64.6 Å². The Balaban J connectivity index is 0.000000192. The third-order valence-corrected chi connectivity index (χ3v) is 23.4. The normalized spacial score (nSPS) is 15.8. The summed E-state index contributed by atoms with van der Waals surface area (Å²) in [6, 6.07) is 22.9. The van der Waals surface area contributed by atoms with Crippen LogP contribution in [0.4, 0.5) is 26.3 Å². The van der Waals surface area contributed by atoms with E-state index in [1.807, 2.05) is 64.8 Å². The van der Waals surface area contributed by atoms with E-state index in [1.54, 1.807) is 26.2 Å². The van der Waals surface area contributed by atoms with Crippen LogP contribution in [0, 0.1) is 34.9 Å². The van der Waals surface area contributed by atoms with Gasteiger partial charge >= 0.3 is 17.9 Å². The van der Waals surface area contributed by atoms with Crippen molar-refractivity contribution in [2.24, 2.45) is 5.73 Å². The molecule has 3 amide bonds. The van der Waals surface area contributed by atoms with Crippen molar-refractivity contribution in [1.82, 2.24) is 10.2 Å². The number of nitrogens with one attached hydrogen (secondary N) is 1. The molecule has 3 fully saturated rings.